The second-order valence-electron chi connectivity index (χ2n) is 5.43. The Morgan fingerprint density at radius 2 is 1.60 bits per heavy atom. The van der Waals surface area contributed by atoms with Crippen molar-refractivity contribution in [3.05, 3.63) is 73.8 Å². The van der Waals surface area contributed by atoms with Crippen molar-refractivity contribution >= 4 is 33.7 Å². The molecule has 0 aliphatic rings. The summed E-state index contributed by atoms with van der Waals surface area (Å²) >= 11 is 0. The molecule has 0 aliphatic heterocycles. The Balaban J connectivity index is 0.000000346. The maximum Gasteiger partial charge on any atom is 0.294 e. The lowest BCUT2D eigenvalue weighted by molar-refractivity contribution is -0.394. The number of nitro benzene ring substituents is 2. The molecule has 0 saturated heterocycles. The number of aryl methyl sites for hydroxylation is 1. The first-order valence-electron chi connectivity index (χ1n) is 7.67. The van der Waals surface area contributed by atoms with E-state index in [4.69, 9.17) is 20.9 Å². The Bertz CT molecular complexity index is 1050. The molecule has 0 saturated carbocycles. The molecule has 0 aromatic heterocycles. The van der Waals surface area contributed by atoms with E-state index in [1.54, 1.807) is 12.1 Å². The van der Waals surface area contributed by atoms with Crippen LogP contribution in [0.2, 0.25) is 0 Å². The van der Waals surface area contributed by atoms with Crippen LogP contribution in [0.15, 0.2) is 52.5 Å². The van der Waals surface area contributed by atoms with E-state index in [1.807, 2.05) is 6.92 Å². The smallest absolute Gasteiger partial charge is 0.294 e. The summed E-state index contributed by atoms with van der Waals surface area (Å²) < 4.78 is 29.6. The number of nitro groups is 2. The summed E-state index contributed by atoms with van der Waals surface area (Å²) in [6.07, 6.45) is 0.678. The zero-order valence-electron chi connectivity index (χ0n) is 15.2. The molecule has 0 radical (unpaired) electrons. The van der Waals surface area contributed by atoms with Crippen molar-refractivity contribution in [1.82, 2.24) is 5.17 Å². The highest BCUT2D eigenvalue weighted by molar-refractivity contribution is 7.85. The Kier molecular flexibility index (Phi) is 8.04. The van der Waals surface area contributed by atoms with Crippen LogP contribution in [0.5, 0.6) is 0 Å². The third kappa shape index (κ3) is 6.89. The molecule has 160 valence electrons. The summed E-state index contributed by atoms with van der Waals surface area (Å²) in [5, 5.41) is 40.4. The first-order chi connectivity index (χ1) is 13.8. The van der Waals surface area contributed by atoms with Gasteiger partial charge in [-0.1, -0.05) is 17.7 Å². The third-order valence-electron chi connectivity index (χ3n) is 3.28. The van der Waals surface area contributed by atoms with Crippen molar-refractivity contribution in [1.29, 1.82) is 5.41 Å². The summed E-state index contributed by atoms with van der Waals surface area (Å²) in [5.74, 6) is -0.850. The molecule has 30 heavy (non-hydrogen) atoms. The van der Waals surface area contributed by atoms with E-state index >= 15 is 0 Å². The molecule has 0 bridgehead atoms. The molecule has 5 N–H and O–H groups in total. The molecule has 0 amide bonds. The molecule has 0 heterocycles. The van der Waals surface area contributed by atoms with E-state index in [0.29, 0.717) is 6.21 Å². The average Bonchev–Trinajstić information content (AvgIpc) is 2.65. The normalized spacial score (nSPS) is 10.8. The van der Waals surface area contributed by atoms with Crippen LogP contribution in [0.25, 0.3) is 0 Å². The molecule has 0 aliphatic carbocycles. The summed E-state index contributed by atoms with van der Waals surface area (Å²) in [5.41, 5.74) is 4.29. The van der Waals surface area contributed by atoms with Gasteiger partial charge in [-0.2, -0.15) is 13.5 Å². The molecular weight excluding hydrogens is 424 g/mol. The quantitative estimate of drug-likeness (QED) is 0.173. The van der Waals surface area contributed by atoms with Gasteiger partial charge in [-0.05, 0) is 25.1 Å². The molecule has 0 fully saturated rings. The lowest BCUT2D eigenvalue weighted by Crippen LogP contribution is -2.29. The van der Waals surface area contributed by atoms with Crippen LogP contribution >= 0.6 is 0 Å². The Morgan fingerprint density at radius 1 is 1.13 bits per heavy atom. The number of nitrogens with one attached hydrogen (secondary N) is 1. The monoisotopic (exact) mass is 440 g/mol. The molecule has 0 unspecified atom stereocenters. The van der Waals surface area contributed by atoms with Crippen LogP contribution in [0.4, 0.5) is 11.4 Å². The van der Waals surface area contributed by atoms with Crippen LogP contribution in [0.3, 0.4) is 0 Å². The number of benzene rings is 2. The van der Waals surface area contributed by atoms with Gasteiger partial charge in [-0.3, -0.25) is 35.4 Å². The number of hydroxylamine groups is 1. The van der Waals surface area contributed by atoms with Crippen molar-refractivity contribution < 1.29 is 28.0 Å². The third-order valence-corrected chi connectivity index (χ3v) is 4.15. The van der Waals surface area contributed by atoms with Crippen LogP contribution in [-0.4, -0.2) is 45.4 Å². The number of nitrogens with zero attached hydrogens (tertiary/aromatic N) is 4. The van der Waals surface area contributed by atoms with Gasteiger partial charge in [0.15, 0.2) is 0 Å². The molecule has 2 aromatic rings. The van der Waals surface area contributed by atoms with E-state index in [9.17, 15) is 28.6 Å². The minimum Gasteiger partial charge on any atom is -0.367 e. The summed E-state index contributed by atoms with van der Waals surface area (Å²) in [6, 6.07) is 9.23. The van der Waals surface area contributed by atoms with Gasteiger partial charge in [-0.25, -0.2) is 0 Å². The first kappa shape index (κ1) is 24.1. The fraction of sp³-hybridized carbons (Fsp3) is 0.0667. The van der Waals surface area contributed by atoms with E-state index in [0.717, 1.165) is 23.8 Å². The Labute approximate surface area is 169 Å². The molecule has 2 rings (SSSR count). The second kappa shape index (κ2) is 10.0. The van der Waals surface area contributed by atoms with Crippen LogP contribution < -0.4 is 5.73 Å². The Hall–Kier alpha value is -3.95. The largest absolute Gasteiger partial charge is 0.367 e. The summed E-state index contributed by atoms with van der Waals surface area (Å²) in [6.45, 7) is 1.84. The number of hydrogen-bond acceptors (Lipinski definition) is 9. The topological polar surface area (TPSA) is 226 Å². The predicted molar refractivity (Wildman–Crippen MR) is 104 cm³/mol. The molecule has 14 nitrogen and oxygen atoms in total. The molecule has 0 atom stereocenters. The van der Waals surface area contributed by atoms with Gasteiger partial charge < -0.3 is 5.73 Å². The minimum absolute atomic E-state index is 0.0666. The highest BCUT2D eigenvalue weighted by Gasteiger charge is 2.23. The maximum atomic E-state index is 10.8. The zero-order chi connectivity index (χ0) is 23.1. The van der Waals surface area contributed by atoms with Gasteiger partial charge in [0.25, 0.3) is 21.5 Å². The minimum atomic E-state index is -4.02. The summed E-state index contributed by atoms with van der Waals surface area (Å²) in [7, 11) is -4.02. The summed E-state index contributed by atoms with van der Waals surface area (Å²) in [4.78, 5) is 19.8. The number of hydrogen-bond donors (Lipinski definition) is 4. The van der Waals surface area contributed by atoms with Crippen molar-refractivity contribution in [3.63, 3.8) is 0 Å². The SMILES string of the molecule is Cc1ccc(S(=O)(=O)O)cc1.N=C(N)N(O)/N=C/c1c([N+](=O)[O-])cccc1[N+](=O)[O-]. The van der Waals surface area contributed by atoms with Crippen LogP contribution in [0.1, 0.15) is 11.1 Å². The molecule has 2 aromatic carbocycles. The van der Waals surface area contributed by atoms with E-state index in [-0.39, 0.29) is 10.1 Å². The fourth-order valence-electron chi connectivity index (χ4n) is 1.88. The van der Waals surface area contributed by atoms with Gasteiger partial charge in [0.05, 0.1) is 21.0 Å². The van der Waals surface area contributed by atoms with Crippen LogP contribution in [-0.2, 0) is 10.1 Å². The molecule has 0 spiro atoms. The number of guanidine groups is 1. The lowest BCUT2D eigenvalue weighted by atomic mass is 10.1. The average molecular weight is 440 g/mol. The van der Waals surface area contributed by atoms with E-state index < -0.39 is 42.9 Å². The first-order valence-corrected chi connectivity index (χ1v) is 9.11. The molecular formula is C15H16N6O8S. The number of nitrogens with two attached hydrogens (primary N) is 1. The van der Waals surface area contributed by atoms with Gasteiger partial charge in [-0.15, -0.1) is 5.17 Å². The van der Waals surface area contributed by atoms with Crippen molar-refractivity contribution in [2.45, 2.75) is 11.8 Å². The van der Waals surface area contributed by atoms with Crippen LogP contribution in [0, 0.1) is 32.6 Å². The van der Waals surface area contributed by atoms with E-state index in [2.05, 4.69) is 5.10 Å². The Morgan fingerprint density at radius 3 is 1.97 bits per heavy atom. The van der Waals surface area contributed by atoms with Crippen molar-refractivity contribution in [2.24, 2.45) is 10.8 Å². The van der Waals surface area contributed by atoms with Gasteiger partial charge in [0.1, 0.15) is 5.56 Å². The predicted octanol–water partition coefficient (Wildman–Crippen LogP) is 1.66. The lowest BCUT2D eigenvalue weighted by Gasteiger charge is -2.05. The number of hydrazone groups is 1. The second-order valence-corrected chi connectivity index (χ2v) is 6.85. The van der Waals surface area contributed by atoms with Crippen molar-refractivity contribution in [3.8, 4) is 0 Å². The van der Waals surface area contributed by atoms with Gasteiger partial charge in [0, 0.05) is 12.1 Å². The number of rotatable bonds is 5. The fourth-order valence-corrected chi connectivity index (χ4v) is 2.36. The standard InChI is InChI=1S/C8H8N6O5.C7H8O3S/c9-8(10)12(15)11-4-5-6(13(16)17)2-1-3-7(5)14(18)19;1-6-2-4-7(5-3-6)11(8,9)10/h1-4,15H,(H3,9,10);2-5H,1H3,(H,8,9,10)/b11-4+;. The van der Waals surface area contributed by atoms with Gasteiger partial charge in [0.2, 0.25) is 5.96 Å². The zero-order valence-corrected chi connectivity index (χ0v) is 16.1. The highest BCUT2D eigenvalue weighted by Crippen LogP contribution is 2.26. The van der Waals surface area contributed by atoms with Gasteiger partial charge >= 0.3 is 0 Å². The van der Waals surface area contributed by atoms with E-state index in [1.165, 1.54) is 12.1 Å². The highest BCUT2D eigenvalue weighted by atomic mass is 32.2. The van der Waals surface area contributed by atoms with Crippen molar-refractivity contribution in [2.75, 3.05) is 0 Å². The maximum absolute atomic E-state index is 10.8. The molecule has 15 heteroatoms.